The van der Waals surface area contributed by atoms with E-state index in [4.69, 9.17) is 19.6 Å². The minimum absolute atomic E-state index is 0.0242. The summed E-state index contributed by atoms with van der Waals surface area (Å²) in [7, 11) is 0. The molecule has 0 aromatic carbocycles. The van der Waals surface area contributed by atoms with Gasteiger partial charge in [-0.1, -0.05) is 57.8 Å². The Hall–Kier alpha value is -0.770. The molecule has 1 fully saturated rings. The van der Waals surface area contributed by atoms with Gasteiger partial charge in [0.15, 0.2) is 0 Å². The van der Waals surface area contributed by atoms with Crippen molar-refractivity contribution in [2.24, 2.45) is 0 Å². The Bertz CT molecular complexity index is 392. The van der Waals surface area contributed by atoms with Gasteiger partial charge in [0, 0.05) is 6.42 Å². The van der Waals surface area contributed by atoms with E-state index in [1.54, 1.807) is 0 Å². The number of carboxylic acids is 1. The Balaban J connectivity index is 1.84. The van der Waals surface area contributed by atoms with Gasteiger partial charge in [-0.15, -0.1) is 0 Å². The summed E-state index contributed by atoms with van der Waals surface area (Å²) in [6.07, 6.45) is 8.68. The average Bonchev–Trinajstić information content (AvgIpc) is 3.00. The van der Waals surface area contributed by atoms with E-state index in [9.17, 15) is 20.1 Å². The Labute approximate surface area is 167 Å². The molecule has 1 aliphatic rings. The predicted octanol–water partition coefficient (Wildman–Crippen LogP) is 2.18. The Morgan fingerprint density at radius 1 is 0.929 bits per heavy atom. The van der Waals surface area contributed by atoms with Gasteiger partial charge in [0.2, 0.25) is 0 Å². The molecule has 1 aliphatic heterocycles. The first-order valence-corrected chi connectivity index (χ1v) is 10.6. The molecule has 0 bridgehead atoms. The summed E-state index contributed by atoms with van der Waals surface area (Å²) in [6.45, 7) is 0.0859. The molecule has 8 nitrogen and oxygen atoms in total. The van der Waals surface area contributed by atoms with Crippen LogP contribution in [0.4, 0.5) is 0 Å². The molecule has 0 radical (unpaired) electrons. The highest BCUT2D eigenvalue weighted by Crippen LogP contribution is 2.20. The molecule has 28 heavy (non-hydrogen) atoms. The number of aliphatic hydroxyl groups excluding tert-OH is 3. The normalized spacial score (nSPS) is 23.2. The van der Waals surface area contributed by atoms with E-state index in [2.05, 4.69) is 0 Å². The van der Waals surface area contributed by atoms with Crippen LogP contribution in [0.25, 0.3) is 0 Å². The van der Waals surface area contributed by atoms with E-state index in [1.165, 1.54) is 32.1 Å². The molecule has 4 N–H and O–H groups in total. The summed E-state index contributed by atoms with van der Waals surface area (Å²) in [4.78, 5) is 20.6. The van der Waals surface area contributed by atoms with Crippen LogP contribution >= 0.6 is 0 Å². The van der Waals surface area contributed by atoms with Crippen LogP contribution in [0.2, 0.25) is 0 Å². The van der Waals surface area contributed by atoms with Crippen molar-refractivity contribution in [3.05, 3.63) is 0 Å². The van der Waals surface area contributed by atoms with Crippen molar-refractivity contribution < 1.29 is 39.7 Å². The molecule has 4 atom stereocenters. The first kappa shape index (κ1) is 25.3. The van der Waals surface area contributed by atoms with Gasteiger partial charge in [0.1, 0.15) is 24.4 Å². The minimum Gasteiger partial charge on any atom is -0.481 e. The van der Waals surface area contributed by atoms with Gasteiger partial charge in [-0.05, 0) is 12.8 Å². The summed E-state index contributed by atoms with van der Waals surface area (Å²) in [6, 6.07) is 0. The van der Waals surface area contributed by atoms with Crippen molar-refractivity contribution in [2.45, 2.75) is 101 Å². The maximum Gasteiger partial charge on any atom is 0.303 e. The maximum atomic E-state index is 10.4. The molecule has 1 rings (SSSR count). The number of rotatable bonds is 18. The quantitative estimate of drug-likeness (QED) is 0.155. The van der Waals surface area contributed by atoms with Gasteiger partial charge in [0.05, 0.1) is 19.8 Å². The van der Waals surface area contributed by atoms with E-state index < -0.39 is 30.4 Å². The molecule has 0 aromatic heterocycles. The fourth-order valence-corrected chi connectivity index (χ4v) is 3.31. The SMILES string of the molecule is O=C(O)CCCCCCCCCCCCCOO[C@H](CO)[C@H]1OC[C@H](O)[C@H]1O. The zero-order valence-electron chi connectivity index (χ0n) is 16.8. The lowest BCUT2D eigenvalue weighted by Crippen LogP contribution is -2.42. The maximum absolute atomic E-state index is 10.4. The Kier molecular flexibility index (Phi) is 14.5. The monoisotopic (exact) mass is 406 g/mol. The summed E-state index contributed by atoms with van der Waals surface area (Å²) < 4.78 is 5.22. The third-order valence-corrected chi connectivity index (χ3v) is 5.05. The van der Waals surface area contributed by atoms with Crippen LogP contribution in [0.5, 0.6) is 0 Å². The van der Waals surface area contributed by atoms with E-state index in [1.807, 2.05) is 0 Å². The predicted molar refractivity (Wildman–Crippen MR) is 103 cm³/mol. The number of ether oxygens (including phenoxy) is 1. The third-order valence-electron chi connectivity index (χ3n) is 5.05. The van der Waals surface area contributed by atoms with Crippen LogP contribution in [-0.4, -0.2) is 70.6 Å². The number of aliphatic carboxylic acids is 1. The zero-order chi connectivity index (χ0) is 20.6. The van der Waals surface area contributed by atoms with E-state index in [0.29, 0.717) is 6.61 Å². The standard InChI is InChI=1S/C20H38O8/c21-14-17(20-19(25)16(22)15-26-20)28-27-13-11-9-7-5-3-1-2-4-6-8-10-12-18(23)24/h16-17,19-22,25H,1-15H2,(H,23,24)/t16-,17+,19+,20+/m0/s1. The van der Waals surface area contributed by atoms with Crippen molar-refractivity contribution in [1.82, 2.24) is 0 Å². The number of unbranched alkanes of at least 4 members (excludes halogenated alkanes) is 10. The highest BCUT2D eigenvalue weighted by molar-refractivity contribution is 5.66. The number of hydrogen-bond acceptors (Lipinski definition) is 7. The molecule has 0 spiro atoms. The Morgan fingerprint density at radius 2 is 1.46 bits per heavy atom. The second-order valence-electron chi connectivity index (χ2n) is 7.53. The fourth-order valence-electron chi connectivity index (χ4n) is 3.31. The van der Waals surface area contributed by atoms with Crippen LogP contribution in [-0.2, 0) is 19.3 Å². The molecule has 0 saturated carbocycles. The molecular formula is C20H38O8. The van der Waals surface area contributed by atoms with Crippen molar-refractivity contribution in [1.29, 1.82) is 0 Å². The number of carbonyl (C=O) groups is 1. The molecule has 0 amide bonds. The van der Waals surface area contributed by atoms with Crippen molar-refractivity contribution in [3.63, 3.8) is 0 Å². The molecule has 0 aromatic rings. The summed E-state index contributed by atoms with van der Waals surface area (Å²) in [5, 5.41) is 37.1. The lowest BCUT2D eigenvalue weighted by molar-refractivity contribution is -0.346. The van der Waals surface area contributed by atoms with Gasteiger partial charge in [-0.2, -0.15) is 0 Å². The van der Waals surface area contributed by atoms with Gasteiger partial charge < -0.3 is 25.2 Å². The first-order valence-electron chi connectivity index (χ1n) is 10.6. The smallest absolute Gasteiger partial charge is 0.303 e. The fraction of sp³-hybridized carbons (Fsp3) is 0.950. The zero-order valence-corrected chi connectivity index (χ0v) is 16.8. The molecule has 8 heteroatoms. The summed E-state index contributed by atoms with van der Waals surface area (Å²) in [5.41, 5.74) is 0. The second kappa shape index (κ2) is 16.1. The van der Waals surface area contributed by atoms with E-state index >= 15 is 0 Å². The highest BCUT2D eigenvalue weighted by Gasteiger charge is 2.40. The molecule has 1 saturated heterocycles. The van der Waals surface area contributed by atoms with Crippen molar-refractivity contribution >= 4 is 5.97 Å². The van der Waals surface area contributed by atoms with Crippen LogP contribution < -0.4 is 0 Å². The second-order valence-corrected chi connectivity index (χ2v) is 7.53. The number of hydrogen-bond donors (Lipinski definition) is 4. The highest BCUT2D eigenvalue weighted by atomic mass is 17.2. The topological polar surface area (TPSA) is 126 Å². The Morgan fingerprint density at radius 3 is 1.93 bits per heavy atom. The molecule has 166 valence electrons. The molecule has 0 unspecified atom stereocenters. The number of aliphatic hydroxyl groups is 3. The summed E-state index contributed by atoms with van der Waals surface area (Å²) in [5.74, 6) is -0.702. The van der Waals surface area contributed by atoms with Crippen LogP contribution in [0, 0.1) is 0 Å². The van der Waals surface area contributed by atoms with E-state index in [0.717, 1.165) is 38.5 Å². The molecule has 0 aliphatic carbocycles. The van der Waals surface area contributed by atoms with Crippen molar-refractivity contribution in [3.8, 4) is 0 Å². The van der Waals surface area contributed by atoms with Gasteiger partial charge >= 0.3 is 5.97 Å². The molecule has 1 heterocycles. The van der Waals surface area contributed by atoms with Crippen LogP contribution in [0.1, 0.15) is 77.0 Å². The van der Waals surface area contributed by atoms with Crippen molar-refractivity contribution in [2.75, 3.05) is 19.8 Å². The van der Waals surface area contributed by atoms with Crippen LogP contribution in [0.15, 0.2) is 0 Å². The minimum atomic E-state index is -1.08. The largest absolute Gasteiger partial charge is 0.481 e. The van der Waals surface area contributed by atoms with Gasteiger partial charge in [-0.25, -0.2) is 9.78 Å². The first-order chi connectivity index (χ1) is 13.6. The van der Waals surface area contributed by atoms with Gasteiger partial charge in [-0.3, -0.25) is 4.79 Å². The lowest BCUT2D eigenvalue weighted by atomic mass is 10.1. The molecular weight excluding hydrogens is 368 g/mol. The number of carboxylic acid groups (broad SMARTS) is 1. The average molecular weight is 407 g/mol. The summed E-state index contributed by atoms with van der Waals surface area (Å²) >= 11 is 0. The lowest BCUT2D eigenvalue weighted by Gasteiger charge is -2.22. The van der Waals surface area contributed by atoms with Gasteiger partial charge in [0.25, 0.3) is 0 Å². The van der Waals surface area contributed by atoms with Crippen LogP contribution in [0.3, 0.4) is 0 Å². The third kappa shape index (κ3) is 11.3. The van der Waals surface area contributed by atoms with E-state index in [-0.39, 0.29) is 19.6 Å².